The zero-order valence-electron chi connectivity index (χ0n) is 15.6. The lowest BCUT2D eigenvalue weighted by molar-refractivity contribution is 0.232. The normalized spacial score (nSPS) is 15.4. The van der Waals surface area contributed by atoms with Gasteiger partial charge in [-0.3, -0.25) is 4.99 Å². The first-order valence-corrected chi connectivity index (χ1v) is 9.21. The van der Waals surface area contributed by atoms with E-state index in [9.17, 15) is 0 Å². The van der Waals surface area contributed by atoms with Crippen molar-refractivity contribution in [3.05, 3.63) is 29.8 Å². The van der Waals surface area contributed by atoms with Gasteiger partial charge in [-0.2, -0.15) is 0 Å². The van der Waals surface area contributed by atoms with Crippen LogP contribution in [0.4, 0.5) is 0 Å². The van der Waals surface area contributed by atoms with Gasteiger partial charge in [0.2, 0.25) is 0 Å². The largest absolute Gasteiger partial charge is 0.494 e. The van der Waals surface area contributed by atoms with Crippen LogP contribution in [-0.4, -0.2) is 57.2 Å². The molecule has 1 heterocycles. The van der Waals surface area contributed by atoms with Crippen molar-refractivity contribution in [3.63, 3.8) is 0 Å². The third-order valence-electron chi connectivity index (χ3n) is 4.35. The van der Waals surface area contributed by atoms with Gasteiger partial charge in [-0.05, 0) is 50.9 Å². The van der Waals surface area contributed by atoms with Gasteiger partial charge in [0.1, 0.15) is 5.75 Å². The number of nitrogens with zero attached hydrogens (tertiary/aromatic N) is 2. The van der Waals surface area contributed by atoms with E-state index in [1.54, 1.807) is 0 Å². The third kappa shape index (κ3) is 8.27. The molecule has 2 N–H and O–H groups in total. The van der Waals surface area contributed by atoms with Crippen molar-refractivity contribution in [1.29, 1.82) is 0 Å². The van der Waals surface area contributed by atoms with Crippen LogP contribution < -0.4 is 15.4 Å². The van der Waals surface area contributed by atoms with E-state index in [0.717, 1.165) is 37.8 Å². The van der Waals surface area contributed by atoms with Crippen LogP contribution in [0.3, 0.4) is 0 Å². The zero-order chi connectivity index (χ0) is 17.0. The second-order valence-electron chi connectivity index (χ2n) is 6.12. The Bertz CT molecular complexity index is 504. The molecular formula is C19H33IN4O. The SMILES string of the molecule is CCOc1ccccc1CCNC(=NC)NCCN1CCCCC1.I. The smallest absolute Gasteiger partial charge is 0.191 e. The maximum atomic E-state index is 5.67. The van der Waals surface area contributed by atoms with Crippen molar-refractivity contribution in [3.8, 4) is 5.75 Å². The first kappa shape index (κ1) is 22.0. The number of guanidine groups is 1. The highest BCUT2D eigenvalue weighted by Crippen LogP contribution is 2.17. The van der Waals surface area contributed by atoms with Crippen LogP contribution in [0.1, 0.15) is 31.7 Å². The number of para-hydroxylation sites is 1. The summed E-state index contributed by atoms with van der Waals surface area (Å²) in [6.07, 6.45) is 4.98. The molecule has 0 amide bonds. The van der Waals surface area contributed by atoms with Crippen LogP contribution >= 0.6 is 24.0 Å². The van der Waals surface area contributed by atoms with Gasteiger partial charge in [-0.15, -0.1) is 24.0 Å². The molecule has 1 aromatic carbocycles. The van der Waals surface area contributed by atoms with Crippen LogP contribution in [0, 0.1) is 0 Å². The van der Waals surface area contributed by atoms with Gasteiger partial charge in [0.15, 0.2) is 5.96 Å². The number of nitrogens with one attached hydrogen (secondary N) is 2. The van der Waals surface area contributed by atoms with Crippen molar-refractivity contribution in [2.75, 3.05) is 46.4 Å². The van der Waals surface area contributed by atoms with Gasteiger partial charge in [-0.25, -0.2) is 0 Å². The van der Waals surface area contributed by atoms with Gasteiger partial charge in [0, 0.05) is 26.7 Å². The molecule has 0 saturated carbocycles. The average Bonchev–Trinajstić information content (AvgIpc) is 2.63. The maximum absolute atomic E-state index is 5.67. The highest BCUT2D eigenvalue weighted by molar-refractivity contribution is 14.0. The Labute approximate surface area is 169 Å². The molecular weight excluding hydrogens is 427 g/mol. The van der Waals surface area contributed by atoms with Crippen LogP contribution in [-0.2, 0) is 6.42 Å². The Morgan fingerprint density at radius 2 is 1.84 bits per heavy atom. The molecule has 0 bridgehead atoms. The molecule has 2 rings (SSSR count). The van der Waals surface area contributed by atoms with E-state index < -0.39 is 0 Å². The summed E-state index contributed by atoms with van der Waals surface area (Å²) in [5.74, 6) is 1.86. The Morgan fingerprint density at radius 1 is 1.12 bits per heavy atom. The van der Waals surface area contributed by atoms with Gasteiger partial charge in [0.05, 0.1) is 6.61 Å². The number of benzene rings is 1. The number of likely N-dealkylation sites (tertiary alicyclic amines) is 1. The van der Waals surface area contributed by atoms with E-state index in [0.29, 0.717) is 6.61 Å². The number of rotatable bonds is 8. The van der Waals surface area contributed by atoms with E-state index in [1.165, 1.54) is 37.9 Å². The summed E-state index contributed by atoms with van der Waals surface area (Å²) in [4.78, 5) is 6.84. The first-order valence-electron chi connectivity index (χ1n) is 9.21. The molecule has 6 heteroatoms. The van der Waals surface area contributed by atoms with Gasteiger partial charge in [0.25, 0.3) is 0 Å². The second-order valence-corrected chi connectivity index (χ2v) is 6.12. The molecule has 0 aromatic heterocycles. The summed E-state index contributed by atoms with van der Waals surface area (Å²) in [5, 5.41) is 6.80. The lowest BCUT2D eigenvalue weighted by Gasteiger charge is -2.26. The number of piperidine rings is 1. The minimum Gasteiger partial charge on any atom is -0.494 e. The van der Waals surface area contributed by atoms with Gasteiger partial charge in [-0.1, -0.05) is 24.6 Å². The Kier molecular flexibility index (Phi) is 11.6. The molecule has 0 spiro atoms. The predicted octanol–water partition coefficient (Wildman–Crippen LogP) is 2.90. The fourth-order valence-corrected chi connectivity index (χ4v) is 3.06. The van der Waals surface area contributed by atoms with E-state index >= 15 is 0 Å². The van der Waals surface area contributed by atoms with Crippen molar-refractivity contribution < 1.29 is 4.74 Å². The number of hydrogen-bond donors (Lipinski definition) is 2. The van der Waals surface area contributed by atoms with E-state index in [1.807, 2.05) is 26.1 Å². The highest BCUT2D eigenvalue weighted by Gasteiger charge is 2.09. The molecule has 25 heavy (non-hydrogen) atoms. The fraction of sp³-hybridized carbons (Fsp3) is 0.632. The summed E-state index contributed by atoms with van der Waals surface area (Å²) in [6.45, 7) is 8.06. The maximum Gasteiger partial charge on any atom is 0.191 e. The summed E-state index contributed by atoms with van der Waals surface area (Å²) >= 11 is 0. The molecule has 0 aliphatic carbocycles. The molecule has 0 radical (unpaired) electrons. The standard InChI is InChI=1S/C19H32N4O.HI/c1-3-24-18-10-6-5-9-17(18)11-12-21-19(20-2)22-13-16-23-14-7-4-8-15-23;/h5-6,9-10H,3-4,7-8,11-16H2,1-2H3,(H2,20,21,22);1H. The van der Waals surface area contributed by atoms with Crippen molar-refractivity contribution in [1.82, 2.24) is 15.5 Å². The Balaban J connectivity index is 0.00000312. The Hall–Kier alpha value is -1.02. The topological polar surface area (TPSA) is 48.9 Å². The van der Waals surface area contributed by atoms with Crippen LogP contribution in [0.2, 0.25) is 0 Å². The molecule has 1 aliphatic rings. The van der Waals surface area contributed by atoms with E-state index in [4.69, 9.17) is 4.74 Å². The number of aliphatic imine (C=N–C) groups is 1. The summed E-state index contributed by atoms with van der Waals surface area (Å²) in [5.41, 5.74) is 1.23. The number of ether oxygens (including phenoxy) is 1. The molecule has 0 unspecified atom stereocenters. The predicted molar refractivity (Wildman–Crippen MR) is 116 cm³/mol. The summed E-state index contributed by atoms with van der Waals surface area (Å²) in [6, 6.07) is 8.23. The number of halogens is 1. The van der Waals surface area contributed by atoms with Crippen molar-refractivity contribution in [2.24, 2.45) is 4.99 Å². The minimum absolute atomic E-state index is 0. The zero-order valence-corrected chi connectivity index (χ0v) is 17.9. The lowest BCUT2D eigenvalue weighted by atomic mass is 10.1. The molecule has 5 nitrogen and oxygen atoms in total. The van der Waals surface area contributed by atoms with Crippen molar-refractivity contribution >= 4 is 29.9 Å². The van der Waals surface area contributed by atoms with Crippen molar-refractivity contribution in [2.45, 2.75) is 32.6 Å². The summed E-state index contributed by atoms with van der Waals surface area (Å²) < 4.78 is 5.67. The van der Waals surface area contributed by atoms with Crippen LogP contribution in [0.25, 0.3) is 0 Å². The second kappa shape index (κ2) is 13.2. The fourth-order valence-electron chi connectivity index (χ4n) is 3.06. The molecule has 1 aliphatic heterocycles. The monoisotopic (exact) mass is 460 g/mol. The molecule has 0 atom stereocenters. The summed E-state index contributed by atoms with van der Waals surface area (Å²) in [7, 11) is 1.82. The third-order valence-corrected chi connectivity index (χ3v) is 4.35. The Morgan fingerprint density at radius 3 is 2.56 bits per heavy atom. The van der Waals surface area contributed by atoms with Crippen LogP contribution in [0.5, 0.6) is 5.75 Å². The number of hydrogen-bond acceptors (Lipinski definition) is 3. The highest BCUT2D eigenvalue weighted by atomic mass is 127. The van der Waals surface area contributed by atoms with E-state index in [-0.39, 0.29) is 24.0 Å². The van der Waals surface area contributed by atoms with Gasteiger partial charge >= 0.3 is 0 Å². The molecule has 142 valence electrons. The first-order chi connectivity index (χ1) is 11.8. The average molecular weight is 460 g/mol. The lowest BCUT2D eigenvalue weighted by Crippen LogP contribution is -2.43. The molecule has 1 saturated heterocycles. The van der Waals surface area contributed by atoms with Gasteiger partial charge < -0.3 is 20.3 Å². The molecule has 1 fully saturated rings. The molecule has 1 aromatic rings. The van der Waals surface area contributed by atoms with Crippen LogP contribution in [0.15, 0.2) is 29.3 Å². The van der Waals surface area contributed by atoms with E-state index in [2.05, 4.69) is 32.7 Å². The minimum atomic E-state index is 0. The quantitative estimate of drug-likeness (QED) is 0.356.